The van der Waals surface area contributed by atoms with Crippen LogP contribution >= 0.6 is 11.6 Å². The number of nitriles is 1. The Morgan fingerprint density at radius 1 is 1.18 bits per heavy atom. The minimum atomic E-state index is -0.337. The Bertz CT molecular complexity index is 1020. The van der Waals surface area contributed by atoms with Crippen LogP contribution in [0.2, 0.25) is 5.15 Å². The quantitative estimate of drug-likeness (QED) is 0.358. The van der Waals surface area contributed by atoms with E-state index in [4.69, 9.17) is 16.9 Å². The summed E-state index contributed by atoms with van der Waals surface area (Å²) in [4.78, 5) is 17.4. The van der Waals surface area contributed by atoms with Crippen LogP contribution in [0.1, 0.15) is 76.1 Å². The molecule has 178 valence electrons. The standard InChI is InChI=1S/C26H35ClN4O2/c1-16-12-22(31-23(27)19(16)15-28)29-10-11-30-24(33)18(14-25(2,3)4)17-8-9-21(32)20(13-17)26(5,6)7/h8-9,12-13,18,32H,10-11,14H2,1-7H3,(H,29,31)(H,30,33). The van der Waals surface area contributed by atoms with Crippen molar-refractivity contribution in [3.63, 3.8) is 0 Å². The molecule has 3 N–H and O–H groups in total. The number of carbonyl (C=O) groups is 1. The Hall–Kier alpha value is -2.78. The van der Waals surface area contributed by atoms with Crippen LogP contribution in [0.5, 0.6) is 5.75 Å². The van der Waals surface area contributed by atoms with Crippen LogP contribution in [0.4, 0.5) is 5.82 Å². The predicted molar refractivity (Wildman–Crippen MR) is 134 cm³/mol. The summed E-state index contributed by atoms with van der Waals surface area (Å²) in [6.07, 6.45) is 0.673. The van der Waals surface area contributed by atoms with Gasteiger partial charge in [-0.15, -0.1) is 0 Å². The number of nitrogens with one attached hydrogen (secondary N) is 2. The first-order chi connectivity index (χ1) is 15.2. The Morgan fingerprint density at radius 3 is 2.39 bits per heavy atom. The largest absolute Gasteiger partial charge is 0.508 e. The number of phenols is 1. The smallest absolute Gasteiger partial charge is 0.227 e. The molecule has 1 heterocycles. The lowest BCUT2D eigenvalue weighted by Gasteiger charge is -2.28. The number of halogens is 1. The first-order valence-electron chi connectivity index (χ1n) is 11.1. The minimum Gasteiger partial charge on any atom is -0.508 e. The van der Waals surface area contributed by atoms with Crippen LogP contribution in [-0.4, -0.2) is 29.1 Å². The highest BCUT2D eigenvalue weighted by Crippen LogP contribution is 2.37. The van der Waals surface area contributed by atoms with E-state index < -0.39 is 0 Å². The summed E-state index contributed by atoms with van der Waals surface area (Å²) in [6, 6.07) is 9.28. The molecular weight excluding hydrogens is 436 g/mol. The van der Waals surface area contributed by atoms with Gasteiger partial charge in [0.2, 0.25) is 5.91 Å². The maximum Gasteiger partial charge on any atom is 0.227 e. The number of amides is 1. The minimum absolute atomic E-state index is 0.0548. The molecule has 0 radical (unpaired) electrons. The van der Waals surface area contributed by atoms with Gasteiger partial charge in [0, 0.05) is 13.1 Å². The third kappa shape index (κ3) is 7.36. The summed E-state index contributed by atoms with van der Waals surface area (Å²) in [5.74, 6) is 0.412. The highest BCUT2D eigenvalue weighted by molar-refractivity contribution is 6.30. The number of phenolic OH excluding ortho intramolecular Hbond substituents is 1. The van der Waals surface area contributed by atoms with E-state index in [0.717, 1.165) is 16.7 Å². The van der Waals surface area contributed by atoms with Crippen LogP contribution < -0.4 is 10.6 Å². The van der Waals surface area contributed by atoms with Gasteiger partial charge in [-0.05, 0) is 53.0 Å². The molecule has 1 unspecified atom stereocenters. The SMILES string of the molecule is Cc1cc(NCCNC(=O)C(CC(C)(C)C)c2ccc(O)c(C(C)(C)C)c2)nc(Cl)c1C#N. The lowest BCUT2D eigenvalue weighted by molar-refractivity contribution is -0.123. The van der Waals surface area contributed by atoms with E-state index in [2.05, 4.69) is 36.4 Å². The Morgan fingerprint density at radius 2 is 1.85 bits per heavy atom. The molecule has 2 aromatic rings. The summed E-state index contributed by atoms with van der Waals surface area (Å²) in [5, 5.41) is 25.8. The summed E-state index contributed by atoms with van der Waals surface area (Å²) >= 11 is 6.06. The molecule has 0 aliphatic heterocycles. The van der Waals surface area contributed by atoms with Gasteiger partial charge in [0.05, 0.1) is 11.5 Å². The maximum absolute atomic E-state index is 13.2. The first-order valence-corrected chi connectivity index (χ1v) is 11.5. The van der Waals surface area contributed by atoms with E-state index in [1.807, 2.05) is 39.0 Å². The zero-order valence-corrected chi connectivity index (χ0v) is 21.4. The van der Waals surface area contributed by atoms with Crippen LogP contribution in [0.15, 0.2) is 24.3 Å². The molecule has 0 spiro atoms. The van der Waals surface area contributed by atoms with Crippen molar-refractivity contribution in [2.75, 3.05) is 18.4 Å². The van der Waals surface area contributed by atoms with E-state index in [1.54, 1.807) is 19.1 Å². The molecule has 1 aromatic heterocycles. The van der Waals surface area contributed by atoms with E-state index in [1.165, 1.54) is 0 Å². The number of nitrogens with zero attached hydrogens (tertiary/aromatic N) is 2. The van der Waals surface area contributed by atoms with Gasteiger partial charge in [-0.25, -0.2) is 4.98 Å². The normalized spacial score (nSPS) is 12.7. The Labute approximate surface area is 202 Å². The number of hydrogen-bond donors (Lipinski definition) is 3. The maximum atomic E-state index is 13.2. The van der Waals surface area contributed by atoms with E-state index in [-0.39, 0.29) is 33.6 Å². The third-order valence-corrected chi connectivity index (χ3v) is 5.65. The summed E-state index contributed by atoms with van der Waals surface area (Å²) < 4.78 is 0. The molecule has 0 saturated carbocycles. The van der Waals surface area contributed by atoms with Gasteiger partial charge in [0.25, 0.3) is 0 Å². The molecule has 7 heteroatoms. The van der Waals surface area contributed by atoms with Crippen molar-refractivity contribution < 1.29 is 9.90 Å². The zero-order valence-electron chi connectivity index (χ0n) is 20.6. The highest BCUT2D eigenvalue weighted by Gasteiger charge is 2.28. The monoisotopic (exact) mass is 470 g/mol. The second-order valence-electron chi connectivity index (χ2n) is 10.7. The van der Waals surface area contributed by atoms with E-state index in [0.29, 0.717) is 30.9 Å². The second kappa shape index (κ2) is 10.4. The van der Waals surface area contributed by atoms with E-state index in [9.17, 15) is 9.90 Å². The highest BCUT2D eigenvalue weighted by atomic mass is 35.5. The number of carbonyl (C=O) groups excluding carboxylic acids is 1. The van der Waals surface area contributed by atoms with Crippen LogP contribution in [0, 0.1) is 23.7 Å². The lowest BCUT2D eigenvalue weighted by Crippen LogP contribution is -2.35. The van der Waals surface area contributed by atoms with Crippen molar-refractivity contribution in [2.45, 2.75) is 66.2 Å². The van der Waals surface area contributed by atoms with Crippen molar-refractivity contribution in [3.05, 3.63) is 51.7 Å². The van der Waals surface area contributed by atoms with Crippen molar-refractivity contribution in [1.82, 2.24) is 10.3 Å². The number of hydrogen-bond acceptors (Lipinski definition) is 5. The van der Waals surface area contributed by atoms with Gasteiger partial charge < -0.3 is 15.7 Å². The molecule has 0 fully saturated rings. The van der Waals surface area contributed by atoms with Gasteiger partial charge in [-0.2, -0.15) is 5.26 Å². The molecule has 0 bridgehead atoms. The average molecular weight is 471 g/mol. The number of pyridine rings is 1. The van der Waals surface area contributed by atoms with Crippen LogP contribution in [-0.2, 0) is 10.2 Å². The van der Waals surface area contributed by atoms with Gasteiger partial charge in [0.1, 0.15) is 22.8 Å². The summed E-state index contributed by atoms with van der Waals surface area (Å²) in [7, 11) is 0. The first kappa shape index (κ1) is 26.5. The third-order valence-electron chi connectivity index (χ3n) is 5.38. The Balaban J connectivity index is 2.12. The molecule has 0 aliphatic carbocycles. The number of aryl methyl sites for hydroxylation is 1. The van der Waals surface area contributed by atoms with Crippen LogP contribution in [0.3, 0.4) is 0 Å². The molecule has 0 aliphatic rings. The van der Waals surface area contributed by atoms with E-state index >= 15 is 0 Å². The van der Waals surface area contributed by atoms with Gasteiger partial charge in [0.15, 0.2) is 0 Å². The second-order valence-corrected chi connectivity index (χ2v) is 11.0. The molecule has 1 amide bonds. The topological polar surface area (TPSA) is 98.0 Å². The number of benzene rings is 1. The van der Waals surface area contributed by atoms with Crippen LogP contribution in [0.25, 0.3) is 0 Å². The van der Waals surface area contributed by atoms with Crippen molar-refractivity contribution in [3.8, 4) is 11.8 Å². The van der Waals surface area contributed by atoms with Gasteiger partial charge in [-0.3, -0.25) is 4.79 Å². The number of aromatic nitrogens is 1. The van der Waals surface area contributed by atoms with Crippen molar-refractivity contribution in [1.29, 1.82) is 5.26 Å². The fraction of sp³-hybridized carbons (Fsp3) is 0.500. The molecule has 2 rings (SSSR count). The van der Waals surface area contributed by atoms with Crippen molar-refractivity contribution >= 4 is 23.3 Å². The van der Waals surface area contributed by atoms with Crippen molar-refractivity contribution in [2.24, 2.45) is 5.41 Å². The fourth-order valence-corrected chi connectivity index (χ4v) is 3.99. The molecule has 0 saturated heterocycles. The zero-order chi connectivity index (χ0) is 25.0. The fourth-order valence-electron chi connectivity index (χ4n) is 3.70. The summed E-state index contributed by atoms with van der Waals surface area (Å²) in [5.41, 5.74) is 2.54. The van der Waals surface area contributed by atoms with Gasteiger partial charge >= 0.3 is 0 Å². The number of anilines is 1. The average Bonchev–Trinajstić information content (AvgIpc) is 2.68. The number of aromatic hydroxyl groups is 1. The Kier molecular flexibility index (Phi) is 8.37. The molecule has 1 aromatic carbocycles. The van der Waals surface area contributed by atoms with Gasteiger partial charge in [-0.1, -0.05) is 65.3 Å². The molecular formula is C26H35ClN4O2. The predicted octanol–water partition coefficient (Wildman–Crippen LogP) is 5.67. The lowest BCUT2D eigenvalue weighted by atomic mass is 9.78. The molecule has 33 heavy (non-hydrogen) atoms. The number of rotatable bonds is 7. The molecule has 6 nitrogen and oxygen atoms in total. The molecule has 1 atom stereocenters. The summed E-state index contributed by atoms with van der Waals surface area (Å²) in [6.45, 7) is 15.1.